The predicted molar refractivity (Wildman–Crippen MR) is 341 cm³/mol. The fourth-order valence-corrected chi connectivity index (χ4v) is 11.5. The number of benzene rings is 7. The summed E-state index contributed by atoms with van der Waals surface area (Å²) in [6.45, 7) is 28.5. The van der Waals surface area contributed by atoms with Crippen molar-refractivity contribution in [3.63, 3.8) is 0 Å². The Morgan fingerprint density at radius 1 is 0.641 bits per heavy atom. The van der Waals surface area contributed by atoms with Crippen LogP contribution in [0.25, 0.3) is 83.1 Å². The molecule has 0 radical (unpaired) electrons. The summed E-state index contributed by atoms with van der Waals surface area (Å²) < 4.78 is 5.09. The lowest BCUT2D eigenvalue weighted by Crippen LogP contribution is -2.33. The Morgan fingerprint density at radius 3 is 1.96 bits per heavy atom. The Balaban J connectivity index is 0.00000241. The van der Waals surface area contributed by atoms with Crippen molar-refractivity contribution in [3.8, 4) is 33.6 Å². The number of hydrogen-bond donors (Lipinski definition) is 0. The Bertz CT molecular complexity index is 4020. The number of fused-ring (bicyclic) bond motifs is 5. The number of aromatic nitrogens is 2. The summed E-state index contributed by atoms with van der Waals surface area (Å²) in [4.78, 5) is 0. The molecule has 0 fully saturated rings. The second-order valence-electron chi connectivity index (χ2n) is 20.9. The number of para-hydroxylation sites is 3. The van der Waals surface area contributed by atoms with Gasteiger partial charge in [0.05, 0.1) is 21.9 Å². The van der Waals surface area contributed by atoms with Gasteiger partial charge in [-0.15, -0.1) is 5.73 Å². The van der Waals surface area contributed by atoms with Crippen molar-refractivity contribution in [1.29, 1.82) is 0 Å². The molecule has 78 heavy (non-hydrogen) atoms. The van der Waals surface area contributed by atoms with E-state index >= 15 is 0 Å². The second kappa shape index (κ2) is 24.5. The van der Waals surface area contributed by atoms with Crippen molar-refractivity contribution in [2.24, 2.45) is 0 Å². The van der Waals surface area contributed by atoms with E-state index in [9.17, 15) is 0 Å². The highest BCUT2D eigenvalue weighted by Crippen LogP contribution is 2.45. The predicted octanol–water partition coefficient (Wildman–Crippen LogP) is 19.6. The first-order valence-electron chi connectivity index (χ1n) is 27.9. The second-order valence-corrected chi connectivity index (χ2v) is 20.9. The lowest BCUT2D eigenvalue weighted by Gasteiger charge is -2.28. The van der Waals surface area contributed by atoms with Gasteiger partial charge in [0.2, 0.25) is 0 Å². The van der Waals surface area contributed by atoms with Crippen molar-refractivity contribution in [1.82, 2.24) is 9.13 Å². The normalized spacial score (nSPS) is 14.8. The maximum absolute atomic E-state index is 4.62. The highest BCUT2D eigenvalue weighted by molar-refractivity contribution is 6.19. The van der Waals surface area contributed by atoms with Gasteiger partial charge in [0.15, 0.2) is 0 Å². The van der Waals surface area contributed by atoms with Gasteiger partial charge in [0.1, 0.15) is 0 Å². The molecule has 0 saturated carbocycles. The van der Waals surface area contributed by atoms with Crippen LogP contribution in [0.1, 0.15) is 96.4 Å². The molecular formula is C76H74N2. The van der Waals surface area contributed by atoms with E-state index in [1.165, 1.54) is 17.5 Å². The summed E-state index contributed by atoms with van der Waals surface area (Å²) in [6.07, 6.45) is 28.9. The van der Waals surface area contributed by atoms with Gasteiger partial charge in [-0.1, -0.05) is 236 Å². The highest BCUT2D eigenvalue weighted by atomic mass is 15.0. The van der Waals surface area contributed by atoms with E-state index in [2.05, 4.69) is 282 Å². The molecule has 388 valence electrons. The zero-order valence-corrected chi connectivity index (χ0v) is 46.9. The fraction of sp³-hybridized carbons (Fsp3) is 0.171. The summed E-state index contributed by atoms with van der Waals surface area (Å²) in [5, 5.41) is 5.72. The minimum Gasteiger partial charge on any atom is -0.308 e. The third kappa shape index (κ3) is 10.7. The topological polar surface area (TPSA) is 9.86 Å². The molecule has 0 aliphatic heterocycles. The molecule has 0 N–H and O–H groups in total. The average Bonchev–Trinajstić information content (AvgIpc) is 4.02. The molecule has 7 aromatic carbocycles. The summed E-state index contributed by atoms with van der Waals surface area (Å²) in [7, 11) is 0. The minimum atomic E-state index is -0.0555. The molecule has 2 aromatic heterocycles. The average molecular weight is 1020 g/mol. The first-order valence-corrected chi connectivity index (χ1v) is 27.9. The Morgan fingerprint density at radius 2 is 1.29 bits per heavy atom. The van der Waals surface area contributed by atoms with E-state index in [1.54, 1.807) is 0 Å². The number of hydrogen-bond acceptors (Lipinski definition) is 0. The molecule has 10 rings (SSSR count). The molecule has 0 saturated heterocycles. The lowest BCUT2D eigenvalue weighted by molar-refractivity contribution is 0.462. The van der Waals surface area contributed by atoms with Gasteiger partial charge in [-0.25, -0.2) is 0 Å². The van der Waals surface area contributed by atoms with Crippen LogP contribution in [0, 0.1) is 0 Å². The van der Waals surface area contributed by atoms with E-state index in [1.807, 2.05) is 25.2 Å². The van der Waals surface area contributed by atoms with Crippen LogP contribution in [-0.2, 0) is 11.8 Å². The zero-order chi connectivity index (χ0) is 54.8. The van der Waals surface area contributed by atoms with Gasteiger partial charge in [0, 0.05) is 55.0 Å². The third-order valence-corrected chi connectivity index (χ3v) is 15.1. The fourth-order valence-electron chi connectivity index (χ4n) is 11.5. The van der Waals surface area contributed by atoms with E-state index in [-0.39, 0.29) is 5.41 Å². The molecule has 0 amide bonds. The quantitative estimate of drug-likeness (QED) is 0.0656. The highest BCUT2D eigenvalue weighted by Gasteiger charge is 2.28. The molecule has 1 aliphatic carbocycles. The number of rotatable bonds is 12. The summed E-state index contributed by atoms with van der Waals surface area (Å²) >= 11 is 0. The molecule has 2 heterocycles. The molecule has 2 nitrogen and oxygen atoms in total. The molecule has 0 atom stereocenters. The Kier molecular flexibility index (Phi) is 17.0. The van der Waals surface area contributed by atoms with E-state index in [4.69, 9.17) is 0 Å². The zero-order valence-electron chi connectivity index (χ0n) is 46.9. The van der Waals surface area contributed by atoms with Crippen molar-refractivity contribution in [2.75, 3.05) is 0 Å². The maximum atomic E-state index is 4.62. The summed E-state index contributed by atoms with van der Waals surface area (Å²) in [5.74, 6) is 0. The molecular weight excluding hydrogens is 941 g/mol. The SMILES string of the molecule is C=C=C\C(c1ccccc1)=c1/c(=C(C)/C(/C=C\C=C)=C/C)c2cccc(-c3cccc4c5cc(C(=C)/C=C\C=C/C)cc(-c6ccccc6)c5n(-c5ccccc5)c34)c2n1-c1ccc2c(c1)C(C)(C)CCC/C=C\C2.CCC. The molecule has 0 unspecified atom stereocenters. The smallest absolute Gasteiger partial charge is 0.0628 e. The van der Waals surface area contributed by atoms with Gasteiger partial charge in [0.25, 0.3) is 0 Å². The van der Waals surface area contributed by atoms with Crippen molar-refractivity contribution < 1.29 is 0 Å². The van der Waals surface area contributed by atoms with Gasteiger partial charge < -0.3 is 9.13 Å². The van der Waals surface area contributed by atoms with Crippen LogP contribution in [0.3, 0.4) is 0 Å². The molecule has 0 spiro atoms. The van der Waals surface area contributed by atoms with Crippen molar-refractivity contribution in [2.45, 2.75) is 86.0 Å². The monoisotopic (exact) mass is 1010 g/mol. The first kappa shape index (κ1) is 54.1. The first-order chi connectivity index (χ1) is 38.1. The van der Waals surface area contributed by atoms with Crippen LogP contribution in [0.15, 0.2) is 256 Å². The van der Waals surface area contributed by atoms with E-state index in [0.717, 1.165) is 136 Å². The summed E-state index contributed by atoms with van der Waals surface area (Å²) in [6, 6.07) is 58.2. The van der Waals surface area contributed by atoms with Crippen LogP contribution < -0.4 is 10.6 Å². The van der Waals surface area contributed by atoms with Gasteiger partial charge in [-0.3, -0.25) is 0 Å². The van der Waals surface area contributed by atoms with Crippen molar-refractivity contribution >= 4 is 49.4 Å². The van der Waals surface area contributed by atoms with Crippen LogP contribution in [0.2, 0.25) is 0 Å². The molecule has 9 aromatic rings. The van der Waals surface area contributed by atoms with Gasteiger partial charge in [-0.2, -0.15) is 0 Å². The number of allylic oxidation sites excluding steroid dienone is 13. The standard InChI is InChI=1S/C73H66N2.C3H8/c1-9-13-20-32-51(5)57-48-65(55-36-24-18-25-37-55)71-66(49-57)63-43-29-41-61(69(63)74(71)58-39-26-19-27-40-58)62-42-30-44-64-68(52(6)53(12-4)33-14-10-2)72(60(31-11-3)54-34-22-17-23-35-54)75(70(62)64)59-46-45-56-38-21-15-16-28-47-73(7,8)67(56)50-59;1-3-2/h9-10,12-15,17-27,29-37,39-46,48-50H,2-3,5,16,28,38,47H2,1,4,6-8H3;3H2,1-2H3/b13-9-,21-15-,32-20-,33-14-,53-12+,68-52+,72-60-;. The van der Waals surface area contributed by atoms with Gasteiger partial charge in [-0.05, 0) is 139 Å². The minimum absolute atomic E-state index is 0.0555. The lowest BCUT2D eigenvalue weighted by atomic mass is 9.77. The van der Waals surface area contributed by atoms with Crippen LogP contribution in [0.5, 0.6) is 0 Å². The van der Waals surface area contributed by atoms with Crippen molar-refractivity contribution in [3.05, 3.63) is 288 Å². The number of nitrogens with zero attached hydrogens (tertiary/aromatic N) is 2. The summed E-state index contributed by atoms with van der Waals surface area (Å²) in [5.41, 5.74) is 22.6. The largest absolute Gasteiger partial charge is 0.308 e. The molecule has 2 heteroatoms. The van der Waals surface area contributed by atoms with Crippen LogP contribution >= 0.6 is 0 Å². The Hall–Kier alpha value is -8.68. The van der Waals surface area contributed by atoms with Crippen LogP contribution in [-0.4, -0.2) is 9.13 Å². The Labute approximate surface area is 464 Å². The third-order valence-electron chi connectivity index (χ3n) is 15.1. The molecule has 0 bridgehead atoms. The molecule has 1 aliphatic rings. The van der Waals surface area contributed by atoms with E-state index < -0.39 is 0 Å². The van der Waals surface area contributed by atoms with Gasteiger partial charge >= 0.3 is 0 Å². The maximum Gasteiger partial charge on any atom is 0.0628 e. The van der Waals surface area contributed by atoms with E-state index in [0.29, 0.717) is 0 Å². The van der Waals surface area contributed by atoms with Crippen LogP contribution in [0.4, 0.5) is 0 Å².